The molecule has 1 heterocycles. The van der Waals surface area contributed by atoms with Gasteiger partial charge in [0, 0.05) is 12.7 Å². The predicted molar refractivity (Wildman–Crippen MR) is 100 cm³/mol. The second-order valence-corrected chi connectivity index (χ2v) is 6.38. The first kappa shape index (κ1) is 20.8. The third-order valence-electron chi connectivity index (χ3n) is 4.01. The summed E-state index contributed by atoms with van der Waals surface area (Å²) >= 11 is 12.2. The highest BCUT2D eigenvalue weighted by atomic mass is 35.5. The molecule has 0 spiro atoms. The van der Waals surface area contributed by atoms with Crippen LogP contribution in [0.2, 0.25) is 10.0 Å². The molecule has 0 radical (unpaired) electrons. The van der Waals surface area contributed by atoms with Crippen molar-refractivity contribution >= 4 is 29.0 Å². The zero-order valence-electron chi connectivity index (χ0n) is 14.8. The maximum absolute atomic E-state index is 13.0. The number of benzene rings is 1. The second-order valence-electron chi connectivity index (χ2n) is 5.56. The maximum Gasteiger partial charge on any atom is 0.271 e. The summed E-state index contributed by atoms with van der Waals surface area (Å²) in [5, 5.41) is 20.1. The fraction of sp³-hybridized carbons (Fsp3) is 0.278. The topological polar surface area (TPSA) is 102 Å². The first-order chi connectivity index (χ1) is 12.8. The van der Waals surface area contributed by atoms with E-state index in [4.69, 9.17) is 32.7 Å². The number of hydrogen-bond acceptors (Lipinski definition) is 6. The van der Waals surface area contributed by atoms with Gasteiger partial charge in [-0.15, -0.1) is 0 Å². The standard InChI is InChI=1S/C18H16Cl2N2O5/c1-9-11(8-21)17(24)22(4-5-26-2)18(25)14(9)15(23)10-6-12(19)16(27-3)13(20)7-10/h6-7,25H,4-5H2,1-3H3. The van der Waals surface area contributed by atoms with Crippen LogP contribution in [0.15, 0.2) is 16.9 Å². The van der Waals surface area contributed by atoms with Gasteiger partial charge in [0.25, 0.3) is 5.56 Å². The average molecular weight is 411 g/mol. The minimum Gasteiger partial charge on any atom is -0.494 e. The highest BCUT2D eigenvalue weighted by Crippen LogP contribution is 2.35. The van der Waals surface area contributed by atoms with Gasteiger partial charge in [0.2, 0.25) is 5.88 Å². The molecule has 1 aromatic carbocycles. The molecule has 0 saturated heterocycles. The average Bonchev–Trinajstić information content (AvgIpc) is 2.61. The van der Waals surface area contributed by atoms with Gasteiger partial charge in [0.15, 0.2) is 11.5 Å². The van der Waals surface area contributed by atoms with Crippen LogP contribution < -0.4 is 10.3 Å². The van der Waals surface area contributed by atoms with Crippen molar-refractivity contribution in [3.05, 3.63) is 54.8 Å². The van der Waals surface area contributed by atoms with Gasteiger partial charge >= 0.3 is 0 Å². The van der Waals surface area contributed by atoms with E-state index >= 15 is 0 Å². The Kier molecular flexibility index (Phi) is 6.50. The summed E-state index contributed by atoms with van der Waals surface area (Å²) in [5.41, 5.74) is -0.976. The number of nitriles is 1. The van der Waals surface area contributed by atoms with Crippen LogP contribution in [0, 0.1) is 18.3 Å². The molecule has 0 amide bonds. The van der Waals surface area contributed by atoms with Crippen LogP contribution in [-0.4, -0.2) is 36.3 Å². The van der Waals surface area contributed by atoms with E-state index < -0.39 is 17.2 Å². The number of methoxy groups -OCH3 is 2. The van der Waals surface area contributed by atoms with E-state index in [1.54, 1.807) is 6.07 Å². The van der Waals surface area contributed by atoms with Crippen molar-refractivity contribution in [3.8, 4) is 17.7 Å². The van der Waals surface area contributed by atoms with Crippen molar-refractivity contribution < 1.29 is 19.4 Å². The van der Waals surface area contributed by atoms with Crippen molar-refractivity contribution in [2.45, 2.75) is 13.5 Å². The van der Waals surface area contributed by atoms with E-state index in [0.29, 0.717) is 0 Å². The lowest BCUT2D eigenvalue weighted by atomic mass is 9.97. The number of carbonyl (C=O) groups is 1. The summed E-state index contributed by atoms with van der Waals surface area (Å²) in [6.07, 6.45) is 0. The van der Waals surface area contributed by atoms with Crippen molar-refractivity contribution in [1.82, 2.24) is 4.57 Å². The minimum atomic E-state index is -0.702. The van der Waals surface area contributed by atoms with Gasteiger partial charge in [-0.2, -0.15) is 5.26 Å². The number of aromatic hydroxyl groups is 1. The van der Waals surface area contributed by atoms with Gasteiger partial charge in [-0.1, -0.05) is 23.2 Å². The number of ether oxygens (including phenoxy) is 2. The molecule has 0 aliphatic heterocycles. The highest BCUT2D eigenvalue weighted by Gasteiger charge is 2.26. The molecule has 27 heavy (non-hydrogen) atoms. The van der Waals surface area contributed by atoms with Crippen LogP contribution >= 0.6 is 23.2 Å². The molecule has 7 nitrogen and oxygen atoms in total. The zero-order valence-corrected chi connectivity index (χ0v) is 16.3. The van der Waals surface area contributed by atoms with Crippen LogP contribution in [0.4, 0.5) is 0 Å². The van der Waals surface area contributed by atoms with Crippen LogP contribution in [0.25, 0.3) is 0 Å². The number of halogens is 2. The lowest BCUT2D eigenvalue weighted by Crippen LogP contribution is -2.28. The first-order valence-electron chi connectivity index (χ1n) is 7.71. The molecule has 0 aliphatic rings. The van der Waals surface area contributed by atoms with Gasteiger partial charge in [-0.25, -0.2) is 0 Å². The van der Waals surface area contributed by atoms with E-state index in [1.807, 2.05) is 0 Å². The zero-order chi connectivity index (χ0) is 20.3. The largest absolute Gasteiger partial charge is 0.494 e. The van der Waals surface area contributed by atoms with Gasteiger partial charge in [-0.05, 0) is 24.6 Å². The van der Waals surface area contributed by atoms with Gasteiger partial charge in [-0.3, -0.25) is 14.2 Å². The predicted octanol–water partition coefficient (Wildman–Crippen LogP) is 2.93. The van der Waals surface area contributed by atoms with E-state index in [1.165, 1.54) is 33.3 Å². The lowest BCUT2D eigenvalue weighted by Gasteiger charge is -2.16. The maximum atomic E-state index is 13.0. The number of nitrogens with zero attached hydrogens (tertiary/aromatic N) is 2. The molecule has 1 N–H and O–H groups in total. The molecular formula is C18H16Cl2N2O5. The van der Waals surface area contributed by atoms with Crippen LogP contribution in [0.3, 0.4) is 0 Å². The Morgan fingerprint density at radius 1 is 1.30 bits per heavy atom. The van der Waals surface area contributed by atoms with Crippen LogP contribution in [0.5, 0.6) is 11.6 Å². The highest BCUT2D eigenvalue weighted by molar-refractivity contribution is 6.38. The Labute approximate surface area is 165 Å². The third kappa shape index (κ3) is 3.78. The van der Waals surface area contributed by atoms with Crippen molar-refractivity contribution in [2.24, 2.45) is 0 Å². The normalized spacial score (nSPS) is 10.5. The lowest BCUT2D eigenvalue weighted by molar-refractivity contribution is 0.103. The molecule has 2 aromatic rings. The minimum absolute atomic E-state index is 0.0273. The molecule has 0 unspecified atom stereocenters. The molecular weight excluding hydrogens is 395 g/mol. The summed E-state index contributed by atoms with van der Waals surface area (Å²) in [6, 6.07) is 4.46. The molecule has 9 heteroatoms. The first-order valence-corrected chi connectivity index (χ1v) is 8.47. The summed E-state index contributed by atoms with van der Waals surface area (Å²) in [7, 11) is 2.81. The summed E-state index contributed by atoms with van der Waals surface area (Å²) in [6.45, 7) is 1.50. The number of aromatic nitrogens is 1. The van der Waals surface area contributed by atoms with Crippen LogP contribution in [-0.2, 0) is 11.3 Å². The molecule has 0 bridgehead atoms. The number of rotatable bonds is 6. The van der Waals surface area contributed by atoms with Gasteiger partial charge < -0.3 is 14.6 Å². The number of ketones is 1. The van der Waals surface area contributed by atoms with E-state index in [9.17, 15) is 20.0 Å². The Morgan fingerprint density at radius 3 is 2.37 bits per heavy atom. The smallest absolute Gasteiger partial charge is 0.271 e. The monoisotopic (exact) mass is 410 g/mol. The Bertz CT molecular complexity index is 985. The fourth-order valence-electron chi connectivity index (χ4n) is 2.64. The molecule has 142 valence electrons. The summed E-state index contributed by atoms with van der Waals surface area (Å²) < 4.78 is 10.9. The molecule has 0 atom stereocenters. The summed E-state index contributed by atoms with van der Waals surface area (Å²) in [4.78, 5) is 25.4. The Hall–Kier alpha value is -2.53. The molecule has 0 saturated carbocycles. The van der Waals surface area contributed by atoms with Gasteiger partial charge in [0.05, 0.1) is 35.9 Å². The van der Waals surface area contributed by atoms with E-state index in [-0.39, 0.29) is 51.2 Å². The molecule has 0 fully saturated rings. The molecule has 2 rings (SSSR count). The Morgan fingerprint density at radius 2 is 1.89 bits per heavy atom. The molecule has 1 aromatic heterocycles. The van der Waals surface area contributed by atoms with Crippen molar-refractivity contribution in [1.29, 1.82) is 5.26 Å². The molecule has 0 aliphatic carbocycles. The number of pyridine rings is 1. The quantitative estimate of drug-likeness (QED) is 0.734. The second kappa shape index (κ2) is 8.44. The summed E-state index contributed by atoms with van der Waals surface area (Å²) in [5.74, 6) is -0.987. The van der Waals surface area contributed by atoms with Crippen molar-refractivity contribution in [2.75, 3.05) is 20.8 Å². The number of hydrogen-bond donors (Lipinski definition) is 1. The van der Waals surface area contributed by atoms with Crippen LogP contribution in [0.1, 0.15) is 27.0 Å². The SMILES string of the molecule is COCCn1c(O)c(C(=O)c2cc(Cl)c(OC)c(Cl)c2)c(C)c(C#N)c1=O. The number of carbonyl (C=O) groups excluding carboxylic acids is 1. The van der Waals surface area contributed by atoms with E-state index in [2.05, 4.69) is 0 Å². The van der Waals surface area contributed by atoms with E-state index in [0.717, 1.165) is 4.57 Å². The van der Waals surface area contributed by atoms with Crippen molar-refractivity contribution in [3.63, 3.8) is 0 Å². The van der Waals surface area contributed by atoms with Gasteiger partial charge in [0.1, 0.15) is 11.6 Å². The fourth-order valence-corrected chi connectivity index (χ4v) is 3.28. The third-order valence-corrected chi connectivity index (χ3v) is 4.57. The Balaban J connectivity index is 2.73.